The summed E-state index contributed by atoms with van der Waals surface area (Å²) in [6.07, 6.45) is 9.28. The van der Waals surface area contributed by atoms with Gasteiger partial charge in [0.15, 0.2) is 0 Å². The van der Waals surface area contributed by atoms with E-state index in [4.69, 9.17) is 9.47 Å². The van der Waals surface area contributed by atoms with E-state index in [-0.39, 0.29) is 21.7 Å². The number of allylic oxidation sites excluding steroid dienone is 4. The van der Waals surface area contributed by atoms with Crippen LogP contribution in [-0.2, 0) is 20.7 Å². The maximum atomic E-state index is 6.35. The molecule has 2 aliphatic rings. The lowest BCUT2D eigenvalue weighted by Crippen LogP contribution is -2.31. The van der Waals surface area contributed by atoms with Crippen molar-refractivity contribution in [3.8, 4) is 0 Å². The van der Waals surface area contributed by atoms with E-state index in [9.17, 15) is 0 Å². The fourth-order valence-electron chi connectivity index (χ4n) is 4.49. The number of benzene rings is 1. The second kappa shape index (κ2) is 10.3. The summed E-state index contributed by atoms with van der Waals surface area (Å²) in [4.78, 5) is 5.35. The maximum Gasteiger partial charge on any atom is 0.131 e. The Bertz CT molecular complexity index is 998. The van der Waals surface area contributed by atoms with Crippen LogP contribution in [0.15, 0.2) is 68.2 Å². The molecular weight excluding hydrogens is 505 g/mol. The quantitative estimate of drug-likeness (QED) is 0.368. The lowest BCUT2D eigenvalue weighted by Gasteiger charge is -2.40. The van der Waals surface area contributed by atoms with Gasteiger partial charge in [-0.3, -0.25) is 0 Å². The van der Waals surface area contributed by atoms with Crippen molar-refractivity contribution in [3.63, 3.8) is 0 Å². The molecule has 2 heterocycles. The first-order chi connectivity index (χ1) is 17.2. The molecule has 1 aromatic carbocycles. The minimum atomic E-state index is -0.615. The van der Waals surface area contributed by atoms with E-state index >= 15 is 0 Å². The first kappa shape index (κ1) is 31.3. The van der Waals surface area contributed by atoms with E-state index < -0.39 is 11.2 Å². The third kappa shape index (κ3) is 6.40. The number of rotatable bonds is 4. The van der Waals surface area contributed by atoms with Crippen LogP contribution in [0.5, 0.6) is 0 Å². The highest BCUT2D eigenvalue weighted by Gasteiger charge is 2.40. The van der Waals surface area contributed by atoms with Gasteiger partial charge in [0.05, 0.1) is 0 Å². The normalized spacial score (nSPS) is 20.4. The van der Waals surface area contributed by atoms with Crippen molar-refractivity contribution in [2.45, 2.75) is 94.3 Å². The highest BCUT2D eigenvalue weighted by atomic mass is 32.2. The zero-order valence-electron chi connectivity index (χ0n) is 26.3. The average Bonchev–Trinajstić information content (AvgIpc) is 2.81. The molecule has 38 heavy (non-hydrogen) atoms. The van der Waals surface area contributed by atoms with Crippen LogP contribution in [0, 0.1) is 21.7 Å². The topological polar surface area (TPSA) is 18.5 Å². The van der Waals surface area contributed by atoms with Gasteiger partial charge in [0.2, 0.25) is 0 Å². The van der Waals surface area contributed by atoms with Gasteiger partial charge < -0.3 is 9.47 Å². The molecule has 0 unspecified atom stereocenters. The SMILES string of the molecule is COC1(c2ccc(C3(OC)C=C(C(C)(C)C)SC(C(C)(C)C)=C3)cc2)C=C(C(C)(C)C)SC(C(C)(C)C)=C1. The van der Waals surface area contributed by atoms with Crippen LogP contribution in [0.25, 0.3) is 0 Å². The van der Waals surface area contributed by atoms with Crippen LogP contribution < -0.4 is 0 Å². The van der Waals surface area contributed by atoms with Gasteiger partial charge in [-0.1, -0.05) is 131 Å². The lowest BCUT2D eigenvalue weighted by molar-refractivity contribution is 0.0668. The molecular formula is C34H50O2S2. The molecule has 0 amide bonds. The van der Waals surface area contributed by atoms with Crippen molar-refractivity contribution in [2.24, 2.45) is 21.7 Å². The molecule has 0 spiro atoms. The molecule has 4 heteroatoms. The highest BCUT2D eigenvalue weighted by Crippen LogP contribution is 2.54. The molecule has 2 aliphatic heterocycles. The highest BCUT2D eigenvalue weighted by molar-refractivity contribution is 8.07. The standard InChI is InChI=1S/C34H50O2S2/c1-29(2,3)25-19-33(35-13,20-26(37-25)30(4,5)6)23-15-17-24(18-16-23)34(36-14)21-27(31(7,8)9)38-28(22-34)32(10,11)12/h15-22H,1-14H3. The van der Waals surface area contributed by atoms with E-state index in [0.717, 1.165) is 11.1 Å². The average molecular weight is 555 g/mol. The van der Waals surface area contributed by atoms with Crippen molar-refractivity contribution < 1.29 is 9.47 Å². The predicted molar refractivity (Wildman–Crippen MR) is 169 cm³/mol. The third-order valence-electron chi connectivity index (χ3n) is 7.24. The molecule has 0 aliphatic carbocycles. The second-order valence-electron chi connectivity index (χ2n) is 14.8. The summed E-state index contributed by atoms with van der Waals surface area (Å²) in [5.41, 5.74) is 1.14. The number of ether oxygens (including phenoxy) is 2. The van der Waals surface area contributed by atoms with Crippen molar-refractivity contribution >= 4 is 23.5 Å². The summed E-state index contributed by atoms with van der Waals surface area (Å²) >= 11 is 3.79. The molecule has 0 bridgehead atoms. The molecule has 0 saturated heterocycles. The number of hydrogen-bond acceptors (Lipinski definition) is 4. The Hall–Kier alpha value is -1.20. The largest absolute Gasteiger partial charge is 0.365 e. The van der Waals surface area contributed by atoms with Gasteiger partial charge in [-0.05, 0) is 76.7 Å². The third-order valence-corrected chi connectivity index (χ3v) is 11.0. The first-order valence-electron chi connectivity index (χ1n) is 13.7. The summed E-state index contributed by atoms with van der Waals surface area (Å²) in [7, 11) is 3.65. The Morgan fingerprint density at radius 2 is 0.658 bits per heavy atom. The minimum Gasteiger partial charge on any atom is -0.365 e. The van der Waals surface area contributed by atoms with Crippen LogP contribution >= 0.6 is 23.5 Å². The maximum absolute atomic E-state index is 6.35. The van der Waals surface area contributed by atoms with Gasteiger partial charge in [0, 0.05) is 14.2 Å². The molecule has 0 atom stereocenters. The minimum absolute atomic E-state index is 0.0291. The molecule has 3 rings (SSSR count). The van der Waals surface area contributed by atoms with Crippen LogP contribution in [0.4, 0.5) is 0 Å². The fourth-order valence-corrected chi connectivity index (χ4v) is 7.13. The molecule has 0 fully saturated rings. The van der Waals surface area contributed by atoms with E-state index in [1.807, 2.05) is 37.7 Å². The first-order valence-corrected chi connectivity index (χ1v) is 15.3. The monoisotopic (exact) mass is 554 g/mol. The zero-order chi connectivity index (χ0) is 28.9. The van der Waals surface area contributed by atoms with E-state index in [1.54, 1.807) is 0 Å². The van der Waals surface area contributed by atoms with Crippen LogP contribution in [0.3, 0.4) is 0 Å². The number of hydrogen-bond donors (Lipinski definition) is 0. The van der Waals surface area contributed by atoms with E-state index in [0.29, 0.717) is 0 Å². The van der Waals surface area contributed by atoms with Gasteiger partial charge in [-0.2, -0.15) is 0 Å². The van der Waals surface area contributed by atoms with Gasteiger partial charge in [0.1, 0.15) is 11.2 Å². The van der Waals surface area contributed by atoms with Gasteiger partial charge in [-0.25, -0.2) is 0 Å². The Morgan fingerprint density at radius 1 is 0.447 bits per heavy atom. The summed E-state index contributed by atoms with van der Waals surface area (Å²) in [5, 5.41) is 0. The van der Waals surface area contributed by atoms with E-state index in [2.05, 4.69) is 132 Å². The van der Waals surface area contributed by atoms with Gasteiger partial charge in [0.25, 0.3) is 0 Å². The molecule has 0 aromatic heterocycles. The number of thioether (sulfide) groups is 2. The van der Waals surface area contributed by atoms with E-state index in [1.165, 1.54) is 19.6 Å². The zero-order valence-corrected chi connectivity index (χ0v) is 27.9. The Kier molecular flexibility index (Phi) is 8.51. The smallest absolute Gasteiger partial charge is 0.131 e. The van der Waals surface area contributed by atoms with Gasteiger partial charge in [-0.15, -0.1) is 0 Å². The lowest BCUT2D eigenvalue weighted by atomic mass is 9.81. The molecule has 1 aromatic rings. The molecule has 0 saturated carbocycles. The summed E-state index contributed by atoms with van der Waals surface area (Å²) in [5.74, 6) is 0. The molecule has 2 nitrogen and oxygen atoms in total. The Labute approximate surface area is 241 Å². The Balaban J connectivity index is 2.19. The predicted octanol–water partition coefficient (Wildman–Crippen LogP) is 10.6. The van der Waals surface area contributed by atoms with Crippen molar-refractivity contribution in [3.05, 3.63) is 79.3 Å². The van der Waals surface area contributed by atoms with Crippen LogP contribution in [0.1, 0.15) is 94.2 Å². The fraction of sp³-hybridized carbons (Fsp3) is 0.588. The van der Waals surface area contributed by atoms with Gasteiger partial charge >= 0.3 is 0 Å². The summed E-state index contributed by atoms with van der Waals surface area (Å²) in [6, 6.07) is 8.89. The summed E-state index contributed by atoms with van der Waals surface area (Å²) < 4.78 is 12.7. The molecule has 210 valence electrons. The molecule has 0 radical (unpaired) electrons. The number of methoxy groups -OCH3 is 2. The Morgan fingerprint density at radius 3 is 0.816 bits per heavy atom. The van der Waals surface area contributed by atoms with Crippen LogP contribution in [-0.4, -0.2) is 14.2 Å². The van der Waals surface area contributed by atoms with Crippen LogP contribution in [0.2, 0.25) is 0 Å². The van der Waals surface area contributed by atoms with Crippen molar-refractivity contribution in [1.82, 2.24) is 0 Å². The van der Waals surface area contributed by atoms with Crippen molar-refractivity contribution in [2.75, 3.05) is 14.2 Å². The second-order valence-corrected chi connectivity index (χ2v) is 17.0. The molecule has 0 N–H and O–H groups in total. The van der Waals surface area contributed by atoms with Crippen molar-refractivity contribution in [1.29, 1.82) is 0 Å². The summed E-state index contributed by atoms with van der Waals surface area (Å²) in [6.45, 7) is 27.4.